The largest absolute Gasteiger partial charge is 0.486 e. The van der Waals surface area contributed by atoms with E-state index in [1.165, 1.54) is 22.4 Å². The SMILES string of the molecule is Cc1ccc(OCc2nc(CC(=O)N3CCN(c4cccc(C)c4C)CC3)cs2)cc1. The molecule has 1 saturated heterocycles. The highest BCUT2D eigenvalue weighted by Gasteiger charge is 2.23. The molecule has 1 amide bonds. The van der Waals surface area contributed by atoms with Gasteiger partial charge in [-0.2, -0.15) is 0 Å². The van der Waals surface area contributed by atoms with Crippen LogP contribution in [-0.4, -0.2) is 42.0 Å². The maximum atomic E-state index is 12.8. The number of rotatable bonds is 6. The number of piperazine rings is 1. The topological polar surface area (TPSA) is 45.7 Å². The van der Waals surface area contributed by atoms with Crippen molar-refractivity contribution in [3.8, 4) is 5.75 Å². The van der Waals surface area contributed by atoms with Crippen LogP contribution in [0.15, 0.2) is 47.8 Å². The van der Waals surface area contributed by atoms with E-state index >= 15 is 0 Å². The van der Waals surface area contributed by atoms with Gasteiger partial charge in [0.1, 0.15) is 17.4 Å². The molecule has 0 spiro atoms. The highest BCUT2D eigenvalue weighted by atomic mass is 32.1. The number of aryl methyl sites for hydroxylation is 2. The van der Waals surface area contributed by atoms with E-state index in [4.69, 9.17) is 4.74 Å². The van der Waals surface area contributed by atoms with Crippen molar-refractivity contribution < 1.29 is 9.53 Å². The Labute approximate surface area is 188 Å². The zero-order valence-electron chi connectivity index (χ0n) is 18.4. The van der Waals surface area contributed by atoms with Gasteiger partial charge in [0.05, 0.1) is 12.1 Å². The van der Waals surface area contributed by atoms with E-state index in [9.17, 15) is 4.79 Å². The average molecular weight is 436 g/mol. The molecule has 1 aromatic heterocycles. The minimum Gasteiger partial charge on any atom is -0.486 e. The number of hydrogen-bond acceptors (Lipinski definition) is 5. The number of carbonyl (C=O) groups excluding carboxylic acids is 1. The van der Waals surface area contributed by atoms with Crippen molar-refractivity contribution >= 4 is 22.9 Å². The summed E-state index contributed by atoms with van der Waals surface area (Å²) in [6, 6.07) is 14.4. The summed E-state index contributed by atoms with van der Waals surface area (Å²) in [6.07, 6.45) is 0.352. The smallest absolute Gasteiger partial charge is 0.228 e. The Balaban J connectivity index is 1.27. The van der Waals surface area contributed by atoms with Crippen molar-refractivity contribution in [1.29, 1.82) is 0 Å². The van der Waals surface area contributed by atoms with Crippen LogP contribution in [0.5, 0.6) is 5.75 Å². The molecule has 1 fully saturated rings. The monoisotopic (exact) mass is 435 g/mol. The summed E-state index contributed by atoms with van der Waals surface area (Å²) in [6.45, 7) is 10.0. The normalized spacial score (nSPS) is 14.0. The second-order valence-corrected chi connectivity index (χ2v) is 9.04. The van der Waals surface area contributed by atoms with E-state index in [0.29, 0.717) is 13.0 Å². The Hall–Kier alpha value is -2.86. The zero-order valence-corrected chi connectivity index (χ0v) is 19.2. The van der Waals surface area contributed by atoms with Crippen molar-refractivity contribution in [2.24, 2.45) is 0 Å². The summed E-state index contributed by atoms with van der Waals surface area (Å²) < 4.78 is 5.80. The molecule has 0 N–H and O–H groups in total. The molecule has 4 rings (SSSR count). The molecule has 5 nitrogen and oxygen atoms in total. The zero-order chi connectivity index (χ0) is 21.8. The lowest BCUT2D eigenvalue weighted by Gasteiger charge is -2.37. The molecule has 6 heteroatoms. The van der Waals surface area contributed by atoms with Gasteiger partial charge in [-0.3, -0.25) is 4.79 Å². The lowest BCUT2D eigenvalue weighted by atomic mass is 10.1. The van der Waals surface area contributed by atoms with E-state index in [0.717, 1.165) is 42.6 Å². The number of nitrogens with zero attached hydrogens (tertiary/aromatic N) is 3. The van der Waals surface area contributed by atoms with Crippen molar-refractivity contribution in [2.45, 2.75) is 33.8 Å². The molecule has 2 heterocycles. The van der Waals surface area contributed by atoms with Gasteiger partial charge < -0.3 is 14.5 Å². The van der Waals surface area contributed by atoms with Crippen molar-refractivity contribution in [3.05, 3.63) is 75.2 Å². The van der Waals surface area contributed by atoms with Gasteiger partial charge in [-0.25, -0.2) is 4.98 Å². The molecule has 0 bridgehead atoms. The van der Waals surface area contributed by atoms with Crippen molar-refractivity contribution in [1.82, 2.24) is 9.88 Å². The van der Waals surface area contributed by atoms with Crippen LogP contribution in [0.1, 0.15) is 27.4 Å². The molecule has 1 aliphatic rings. The number of amides is 1. The predicted octanol–water partition coefficient (Wildman–Crippen LogP) is 4.54. The standard InChI is InChI=1S/C25H29N3O2S/c1-18-7-9-22(10-8-18)30-16-24-26-21(17-31-24)15-25(29)28-13-11-27(12-14-28)23-6-4-5-19(2)20(23)3/h4-10,17H,11-16H2,1-3H3. The Morgan fingerprint density at radius 1 is 1.03 bits per heavy atom. The summed E-state index contributed by atoms with van der Waals surface area (Å²) in [7, 11) is 0. The van der Waals surface area contributed by atoms with Crippen LogP contribution >= 0.6 is 11.3 Å². The van der Waals surface area contributed by atoms with Crippen LogP contribution in [-0.2, 0) is 17.8 Å². The van der Waals surface area contributed by atoms with E-state index < -0.39 is 0 Å². The first-order valence-corrected chi connectivity index (χ1v) is 11.6. The second kappa shape index (κ2) is 9.52. The molecule has 0 unspecified atom stereocenters. The Morgan fingerprint density at radius 3 is 2.52 bits per heavy atom. The quantitative estimate of drug-likeness (QED) is 0.570. The lowest BCUT2D eigenvalue weighted by Crippen LogP contribution is -2.49. The maximum Gasteiger partial charge on any atom is 0.228 e. The van der Waals surface area contributed by atoms with Crippen LogP contribution in [0.25, 0.3) is 0 Å². The van der Waals surface area contributed by atoms with E-state index in [1.54, 1.807) is 11.3 Å². The summed E-state index contributed by atoms with van der Waals surface area (Å²) in [4.78, 5) is 21.7. The molecular weight excluding hydrogens is 406 g/mol. The number of carbonyl (C=O) groups is 1. The fourth-order valence-electron chi connectivity index (χ4n) is 3.82. The molecule has 2 aromatic carbocycles. The maximum absolute atomic E-state index is 12.8. The molecule has 0 radical (unpaired) electrons. The molecular formula is C25H29N3O2S. The first kappa shape index (κ1) is 21.4. The van der Waals surface area contributed by atoms with Gasteiger partial charge >= 0.3 is 0 Å². The predicted molar refractivity (Wildman–Crippen MR) is 126 cm³/mol. The highest BCUT2D eigenvalue weighted by Crippen LogP contribution is 2.24. The van der Waals surface area contributed by atoms with Crippen LogP contribution < -0.4 is 9.64 Å². The minimum atomic E-state index is 0.150. The molecule has 0 aliphatic carbocycles. The van der Waals surface area contributed by atoms with Crippen LogP contribution in [0, 0.1) is 20.8 Å². The number of anilines is 1. The van der Waals surface area contributed by atoms with Crippen LogP contribution in [0.3, 0.4) is 0 Å². The second-order valence-electron chi connectivity index (χ2n) is 8.10. The molecule has 0 saturated carbocycles. The number of thiazole rings is 1. The van der Waals surface area contributed by atoms with Crippen molar-refractivity contribution in [3.63, 3.8) is 0 Å². The third-order valence-electron chi connectivity index (χ3n) is 5.86. The first-order valence-electron chi connectivity index (χ1n) is 10.7. The number of aromatic nitrogens is 1. The lowest BCUT2D eigenvalue weighted by molar-refractivity contribution is -0.130. The van der Waals surface area contributed by atoms with Gasteiger partial charge in [0, 0.05) is 37.2 Å². The van der Waals surface area contributed by atoms with E-state index in [-0.39, 0.29) is 5.91 Å². The summed E-state index contributed by atoms with van der Waals surface area (Å²) in [5.74, 6) is 0.983. The van der Waals surface area contributed by atoms with E-state index in [1.807, 2.05) is 34.5 Å². The van der Waals surface area contributed by atoms with Crippen molar-refractivity contribution in [2.75, 3.05) is 31.1 Å². The summed E-state index contributed by atoms with van der Waals surface area (Å²) in [5.41, 5.74) is 5.95. The molecule has 31 heavy (non-hydrogen) atoms. The molecule has 0 atom stereocenters. The van der Waals surface area contributed by atoms with Gasteiger partial charge in [0.25, 0.3) is 0 Å². The fraction of sp³-hybridized carbons (Fsp3) is 0.360. The molecule has 3 aromatic rings. The molecule has 162 valence electrons. The third kappa shape index (κ3) is 5.25. The minimum absolute atomic E-state index is 0.150. The van der Waals surface area contributed by atoms with Gasteiger partial charge in [-0.1, -0.05) is 29.8 Å². The van der Waals surface area contributed by atoms with E-state index in [2.05, 4.69) is 48.9 Å². The number of hydrogen-bond donors (Lipinski definition) is 0. The Kier molecular flexibility index (Phi) is 6.56. The summed E-state index contributed by atoms with van der Waals surface area (Å²) >= 11 is 1.55. The van der Waals surface area contributed by atoms with Crippen LogP contribution in [0.4, 0.5) is 5.69 Å². The van der Waals surface area contributed by atoms with Gasteiger partial charge in [0.2, 0.25) is 5.91 Å². The molecule has 1 aliphatic heterocycles. The Bertz CT molecular complexity index is 1040. The highest BCUT2D eigenvalue weighted by molar-refractivity contribution is 7.09. The summed E-state index contributed by atoms with van der Waals surface area (Å²) in [5, 5.41) is 2.86. The number of benzene rings is 2. The van der Waals surface area contributed by atoms with Gasteiger partial charge in [-0.05, 0) is 50.1 Å². The Morgan fingerprint density at radius 2 is 1.77 bits per heavy atom. The van der Waals surface area contributed by atoms with Gasteiger partial charge in [-0.15, -0.1) is 11.3 Å². The first-order chi connectivity index (χ1) is 15.0. The fourth-order valence-corrected chi connectivity index (χ4v) is 4.52. The third-order valence-corrected chi connectivity index (χ3v) is 6.74. The van der Waals surface area contributed by atoms with Gasteiger partial charge in [0.15, 0.2) is 0 Å². The van der Waals surface area contributed by atoms with Crippen LogP contribution in [0.2, 0.25) is 0 Å². The number of ether oxygens (including phenoxy) is 1. The average Bonchev–Trinajstić information content (AvgIpc) is 3.22.